The van der Waals surface area contributed by atoms with Gasteiger partial charge in [-0.3, -0.25) is 4.79 Å². The number of aromatic nitrogens is 1. The van der Waals surface area contributed by atoms with Crippen LogP contribution in [0.3, 0.4) is 0 Å². The molecule has 1 aliphatic rings. The van der Waals surface area contributed by atoms with Crippen molar-refractivity contribution in [2.75, 3.05) is 18.0 Å². The van der Waals surface area contributed by atoms with Crippen molar-refractivity contribution < 1.29 is 9.18 Å². The highest BCUT2D eigenvalue weighted by Crippen LogP contribution is 2.31. The number of aryl methyl sites for hydroxylation is 1. The zero-order chi connectivity index (χ0) is 16.4. The molecule has 2 unspecified atom stereocenters. The smallest absolute Gasteiger partial charge is 0.217 e. The van der Waals surface area contributed by atoms with Crippen molar-refractivity contribution in [3.63, 3.8) is 0 Å². The van der Waals surface area contributed by atoms with Gasteiger partial charge in [-0.2, -0.15) is 0 Å². The number of carbonyl (C=O) groups is 1. The minimum Gasteiger partial charge on any atom is -0.351 e. The molecule has 1 aromatic carbocycles. The molecule has 1 saturated heterocycles. The summed E-state index contributed by atoms with van der Waals surface area (Å²) < 4.78 is 14.0. The zero-order valence-electron chi connectivity index (χ0n) is 13.3. The van der Waals surface area contributed by atoms with Gasteiger partial charge in [0.05, 0.1) is 6.04 Å². The molecule has 1 aliphatic heterocycles. The molecule has 2 atom stereocenters. The first-order valence-electron chi connectivity index (χ1n) is 7.73. The maximum Gasteiger partial charge on any atom is 0.217 e. The average molecular weight is 313 g/mol. The molecular formula is C18H20FN3O. The Balaban J connectivity index is 1.89. The Bertz CT molecular complexity index is 702. The van der Waals surface area contributed by atoms with Crippen LogP contribution in [0.4, 0.5) is 10.2 Å². The second-order valence-electron chi connectivity index (χ2n) is 6.04. The highest BCUT2D eigenvalue weighted by Gasteiger charge is 2.35. The average Bonchev–Trinajstić information content (AvgIpc) is 2.91. The topological polar surface area (TPSA) is 45.2 Å². The van der Waals surface area contributed by atoms with Crippen molar-refractivity contribution >= 4 is 11.7 Å². The van der Waals surface area contributed by atoms with Crippen molar-refractivity contribution in [3.8, 4) is 0 Å². The predicted octanol–water partition coefficient (Wildman–Crippen LogP) is 2.64. The van der Waals surface area contributed by atoms with Crippen molar-refractivity contribution in [3.05, 3.63) is 59.5 Å². The van der Waals surface area contributed by atoms with Gasteiger partial charge in [0, 0.05) is 32.1 Å². The third kappa shape index (κ3) is 3.33. The minimum absolute atomic E-state index is 0.0587. The van der Waals surface area contributed by atoms with Crippen LogP contribution < -0.4 is 10.2 Å². The SMILES string of the molecule is CC(=O)NC1CN(c2ncccc2F)CC1c1ccc(C)cc1. The molecule has 1 amide bonds. The predicted molar refractivity (Wildman–Crippen MR) is 87.9 cm³/mol. The Morgan fingerprint density at radius 3 is 2.65 bits per heavy atom. The molecule has 1 fully saturated rings. The first kappa shape index (κ1) is 15.5. The summed E-state index contributed by atoms with van der Waals surface area (Å²) in [6, 6.07) is 11.2. The number of carbonyl (C=O) groups excluding carboxylic acids is 1. The summed E-state index contributed by atoms with van der Waals surface area (Å²) in [5, 5.41) is 2.99. The second kappa shape index (κ2) is 6.36. The van der Waals surface area contributed by atoms with E-state index < -0.39 is 0 Å². The van der Waals surface area contributed by atoms with Crippen LogP contribution in [0.25, 0.3) is 0 Å². The molecule has 0 spiro atoms. The van der Waals surface area contributed by atoms with Crippen LogP contribution in [-0.4, -0.2) is 30.0 Å². The Labute approximate surface area is 135 Å². The van der Waals surface area contributed by atoms with E-state index in [1.54, 1.807) is 12.3 Å². The van der Waals surface area contributed by atoms with Crippen LogP contribution in [0.5, 0.6) is 0 Å². The molecule has 3 rings (SSSR count). The molecule has 23 heavy (non-hydrogen) atoms. The van der Waals surface area contributed by atoms with Gasteiger partial charge in [0.25, 0.3) is 0 Å². The zero-order valence-corrected chi connectivity index (χ0v) is 13.3. The summed E-state index contributed by atoms with van der Waals surface area (Å²) >= 11 is 0. The lowest BCUT2D eigenvalue weighted by Gasteiger charge is -2.19. The largest absolute Gasteiger partial charge is 0.351 e. The van der Waals surface area contributed by atoms with Crippen molar-refractivity contribution in [1.29, 1.82) is 0 Å². The van der Waals surface area contributed by atoms with E-state index in [0.29, 0.717) is 18.9 Å². The summed E-state index contributed by atoms with van der Waals surface area (Å²) in [5.74, 6) is 0.0486. The lowest BCUT2D eigenvalue weighted by molar-refractivity contribution is -0.119. The Morgan fingerprint density at radius 2 is 2.00 bits per heavy atom. The van der Waals surface area contributed by atoms with Crippen LogP contribution in [-0.2, 0) is 4.79 Å². The number of rotatable bonds is 3. The molecule has 1 aromatic heterocycles. The van der Waals surface area contributed by atoms with Gasteiger partial charge in [0.2, 0.25) is 5.91 Å². The number of pyridine rings is 1. The Kier molecular flexibility index (Phi) is 4.28. The van der Waals surface area contributed by atoms with Crippen LogP contribution in [0, 0.1) is 12.7 Å². The summed E-state index contributed by atoms with van der Waals surface area (Å²) in [7, 11) is 0. The molecular weight excluding hydrogens is 293 g/mol. The standard InChI is InChI=1S/C18H20FN3O/c1-12-5-7-14(8-6-12)15-10-22(11-17(15)21-13(2)23)18-16(19)4-3-9-20-18/h3-9,15,17H,10-11H2,1-2H3,(H,21,23). The van der Waals surface area contributed by atoms with Crippen LogP contribution in [0.15, 0.2) is 42.6 Å². The fraction of sp³-hybridized carbons (Fsp3) is 0.333. The van der Waals surface area contributed by atoms with Gasteiger partial charge in [-0.15, -0.1) is 0 Å². The fourth-order valence-corrected chi connectivity index (χ4v) is 3.15. The van der Waals surface area contributed by atoms with Crippen LogP contribution in [0.2, 0.25) is 0 Å². The highest BCUT2D eigenvalue weighted by molar-refractivity contribution is 5.73. The van der Waals surface area contributed by atoms with E-state index in [0.717, 1.165) is 5.56 Å². The highest BCUT2D eigenvalue weighted by atomic mass is 19.1. The monoisotopic (exact) mass is 313 g/mol. The fourth-order valence-electron chi connectivity index (χ4n) is 3.15. The first-order valence-corrected chi connectivity index (χ1v) is 7.73. The molecule has 2 aromatic rings. The van der Waals surface area contributed by atoms with Gasteiger partial charge < -0.3 is 10.2 Å². The number of anilines is 1. The van der Waals surface area contributed by atoms with Gasteiger partial charge in [0.1, 0.15) is 0 Å². The van der Waals surface area contributed by atoms with Crippen LogP contribution in [0.1, 0.15) is 24.0 Å². The third-order valence-corrected chi connectivity index (χ3v) is 4.25. The van der Waals surface area contributed by atoms with E-state index in [1.807, 2.05) is 11.8 Å². The van der Waals surface area contributed by atoms with E-state index in [-0.39, 0.29) is 23.7 Å². The molecule has 0 radical (unpaired) electrons. The summed E-state index contributed by atoms with van der Waals surface area (Å²) in [6.45, 7) is 4.73. The molecule has 2 heterocycles. The number of nitrogens with one attached hydrogen (secondary N) is 1. The first-order chi connectivity index (χ1) is 11.0. The number of hydrogen-bond acceptors (Lipinski definition) is 3. The van der Waals surface area contributed by atoms with Gasteiger partial charge in [0.15, 0.2) is 11.6 Å². The van der Waals surface area contributed by atoms with E-state index in [1.165, 1.54) is 18.6 Å². The molecule has 120 valence electrons. The number of nitrogens with zero attached hydrogens (tertiary/aromatic N) is 2. The van der Waals surface area contributed by atoms with E-state index in [2.05, 4.69) is 34.6 Å². The lowest BCUT2D eigenvalue weighted by Crippen LogP contribution is -2.38. The van der Waals surface area contributed by atoms with Gasteiger partial charge in [-0.05, 0) is 24.6 Å². The maximum atomic E-state index is 14.0. The molecule has 0 saturated carbocycles. The Hall–Kier alpha value is -2.43. The number of halogens is 1. The van der Waals surface area contributed by atoms with Crippen LogP contribution >= 0.6 is 0 Å². The van der Waals surface area contributed by atoms with Gasteiger partial charge in [-0.25, -0.2) is 9.37 Å². The summed E-state index contributed by atoms with van der Waals surface area (Å²) in [5.41, 5.74) is 2.34. The number of hydrogen-bond donors (Lipinski definition) is 1. The van der Waals surface area contributed by atoms with Gasteiger partial charge >= 0.3 is 0 Å². The number of amides is 1. The minimum atomic E-state index is -0.335. The molecule has 0 aliphatic carbocycles. The van der Waals surface area contributed by atoms with Gasteiger partial charge in [-0.1, -0.05) is 29.8 Å². The van der Waals surface area contributed by atoms with E-state index in [4.69, 9.17) is 0 Å². The van der Waals surface area contributed by atoms with Crippen molar-refractivity contribution in [2.24, 2.45) is 0 Å². The number of benzene rings is 1. The molecule has 4 nitrogen and oxygen atoms in total. The van der Waals surface area contributed by atoms with Crippen molar-refractivity contribution in [2.45, 2.75) is 25.8 Å². The summed E-state index contributed by atoms with van der Waals surface area (Å²) in [4.78, 5) is 17.6. The molecule has 1 N–H and O–H groups in total. The maximum absolute atomic E-state index is 14.0. The quantitative estimate of drug-likeness (QED) is 0.947. The molecule has 0 bridgehead atoms. The van der Waals surface area contributed by atoms with E-state index >= 15 is 0 Å². The normalized spacial score (nSPS) is 20.6. The van der Waals surface area contributed by atoms with Crippen molar-refractivity contribution in [1.82, 2.24) is 10.3 Å². The second-order valence-corrected chi connectivity index (χ2v) is 6.04. The third-order valence-electron chi connectivity index (χ3n) is 4.25. The molecule has 5 heteroatoms. The Morgan fingerprint density at radius 1 is 1.26 bits per heavy atom. The van der Waals surface area contributed by atoms with E-state index in [9.17, 15) is 9.18 Å². The lowest BCUT2D eigenvalue weighted by atomic mass is 9.93. The summed E-state index contributed by atoms with van der Waals surface area (Å²) in [6.07, 6.45) is 1.59.